The monoisotopic (exact) mass is 525 g/mol. The summed E-state index contributed by atoms with van der Waals surface area (Å²) in [6.07, 6.45) is 2.33. The number of thioether (sulfide) groups is 1. The van der Waals surface area contributed by atoms with Gasteiger partial charge in [0.15, 0.2) is 5.17 Å². The van der Waals surface area contributed by atoms with E-state index in [-0.39, 0.29) is 24.1 Å². The molecule has 0 bridgehead atoms. The molecule has 0 saturated carbocycles. The number of hydrogen-bond acceptors (Lipinski definition) is 6. The summed E-state index contributed by atoms with van der Waals surface area (Å²) < 4.78 is 0. The molecule has 8 nitrogen and oxygen atoms in total. The number of anilines is 1. The van der Waals surface area contributed by atoms with E-state index in [0.717, 1.165) is 18.4 Å². The lowest BCUT2D eigenvalue weighted by Crippen LogP contribution is -2.43. The van der Waals surface area contributed by atoms with Crippen molar-refractivity contribution in [2.75, 3.05) is 11.9 Å². The Hall–Kier alpha value is -3.17. The Balaban J connectivity index is 1.55. The topological polar surface area (TPSA) is 103 Å². The van der Waals surface area contributed by atoms with E-state index in [4.69, 9.17) is 16.6 Å². The minimum atomic E-state index is -0.832. The first-order valence-corrected chi connectivity index (χ1v) is 13.3. The van der Waals surface area contributed by atoms with Crippen molar-refractivity contribution in [2.24, 2.45) is 9.98 Å². The van der Waals surface area contributed by atoms with Crippen LogP contribution in [-0.2, 0) is 14.4 Å². The van der Waals surface area contributed by atoms with Crippen LogP contribution in [0.25, 0.3) is 0 Å². The number of nitrogens with zero attached hydrogens (tertiary/aromatic N) is 3. The van der Waals surface area contributed by atoms with E-state index in [1.54, 1.807) is 24.3 Å². The molecule has 0 aromatic heterocycles. The van der Waals surface area contributed by atoms with Gasteiger partial charge in [-0.1, -0.05) is 55.8 Å². The van der Waals surface area contributed by atoms with Crippen LogP contribution in [0.3, 0.4) is 0 Å². The molecule has 0 saturated heterocycles. The summed E-state index contributed by atoms with van der Waals surface area (Å²) in [7, 11) is 0. The fourth-order valence-corrected chi connectivity index (χ4v) is 5.02. The summed E-state index contributed by atoms with van der Waals surface area (Å²) in [6.45, 7) is 4.52. The van der Waals surface area contributed by atoms with Crippen LogP contribution >= 0.6 is 23.4 Å². The second-order valence-corrected chi connectivity index (χ2v) is 10.1. The van der Waals surface area contributed by atoms with Gasteiger partial charge >= 0.3 is 0 Å². The Bertz CT molecular complexity index is 1210. The summed E-state index contributed by atoms with van der Waals surface area (Å²) >= 11 is 7.16. The lowest BCUT2D eigenvalue weighted by molar-refractivity contribution is -0.128. The molecule has 2 atom stereocenters. The Kier molecular flexibility index (Phi) is 8.43. The van der Waals surface area contributed by atoms with Crippen LogP contribution in [0, 0.1) is 0 Å². The van der Waals surface area contributed by atoms with Crippen LogP contribution in [-0.4, -0.2) is 51.5 Å². The normalized spacial score (nSPS) is 17.0. The number of benzene rings is 2. The Labute approximate surface area is 219 Å². The number of amides is 3. The zero-order valence-corrected chi connectivity index (χ0v) is 21.7. The van der Waals surface area contributed by atoms with Crippen LogP contribution in [0.2, 0.25) is 5.02 Å². The lowest BCUT2D eigenvalue weighted by Gasteiger charge is -2.27. The highest BCUT2D eigenvalue weighted by Crippen LogP contribution is 2.35. The SMILES string of the molecule is CCCCNC(=O)C[C@H]1N=C2c3ccccc3N=C(S[C@H](CC)C(=O)Nc3ccc(Cl)cc3)N2C1=O. The van der Waals surface area contributed by atoms with E-state index in [1.807, 2.05) is 38.1 Å². The Morgan fingerprint density at radius 2 is 1.89 bits per heavy atom. The number of rotatable bonds is 9. The summed E-state index contributed by atoms with van der Waals surface area (Å²) in [6, 6.07) is 13.5. The smallest absolute Gasteiger partial charge is 0.259 e. The second kappa shape index (κ2) is 11.7. The fraction of sp³-hybridized carbons (Fsp3) is 0.346. The van der Waals surface area contributed by atoms with Gasteiger partial charge in [0.2, 0.25) is 11.8 Å². The van der Waals surface area contributed by atoms with Crippen molar-refractivity contribution >= 4 is 63.5 Å². The van der Waals surface area contributed by atoms with Crippen molar-refractivity contribution in [3.8, 4) is 0 Å². The fourth-order valence-electron chi connectivity index (χ4n) is 3.87. The van der Waals surface area contributed by atoms with Gasteiger partial charge in [-0.05, 0) is 49.2 Å². The third kappa shape index (κ3) is 5.79. The van der Waals surface area contributed by atoms with Crippen molar-refractivity contribution in [3.63, 3.8) is 0 Å². The van der Waals surface area contributed by atoms with Gasteiger partial charge in [-0.3, -0.25) is 19.4 Å². The Morgan fingerprint density at radius 3 is 2.61 bits per heavy atom. The average Bonchev–Trinajstić information content (AvgIpc) is 3.20. The number of carbonyl (C=O) groups is 3. The molecule has 0 spiro atoms. The van der Waals surface area contributed by atoms with Gasteiger partial charge in [0.05, 0.1) is 17.4 Å². The first-order valence-electron chi connectivity index (χ1n) is 12.0. The molecule has 2 heterocycles. The van der Waals surface area contributed by atoms with Crippen LogP contribution < -0.4 is 10.6 Å². The molecule has 3 amide bonds. The first kappa shape index (κ1) is 25.9. The van der Waals surface area contributed by atoms with E-state index in [9.17, 15) is 14.4 Å². The van der Waals surface area contributed by atoms with Gasteiger partial charge in [0.1, 0.15) is 11.9 Å². The van der Waals surface area contributed by atoms with Gasteiger partial charge in [-0.2, -0.15) is 0 Å². The first-order chi connectivity index (χ1) is 17.4. The van der Waals surface area contributed by atoms with Crippen LogP contribution in [0.15, 0.2) is 58.5 Å². The van der Waals surface area contributed by atoms with Crippen molar-refractivity contribution in [2.45, 2.75) is 50.8 Å². The highest BCUT2D eigenvalue weighted by molar-refractivity contribution is 8.15. The summed E-state index contributed by atoms with van der Waals surface area (Å²) in [5, 5.41) is 6.20. The standard InChI is InChI=1S/C26H28ClN5O3S/c1-3-5-14-28-22(33)15-20-25(35)32-23(30-20)18-8-6-7-9-19(18)31-26(32)36-21(4-2)24(34)29-17-12-10-16(27)11-13-17/h6-13,20-21H,3-5,14-15H2,1-2H3,(H,28,33)(H,29,34)/t20-,21-/m1/s1. The van der Waals surface area contributed by atoms with Crippen molar-refractivity contribution in [1.82, 2.24) is 10.2 Å². The number of halogens is 1. The van der Waals surface area contributed by atoms with E-state index in [1.165, 1.54) is 16.7 Å². The van der Waals surface area contributed by atoms with Crippen molar-refractivity contribution < 1.29 is 14.4 Å². The second-order valence-electron chi connectivity index (χ2n) is 8.47. The minimum Gasteiger partial charge on any atom is -0.356 e. The predicted octanol–water partition coefficient (Wildman–Crippen LogP) is 4.76. The molecule has 2 N–H and O–H groups in total. The molecule has 0 radical (unpaired) electrons. The van der Waals surface area contributed by atoms with Gasteiger partial charge in [0, 0.05) is 22.8 Å². The molecule has 2 aliphatic heterocycles. The lowest BCUT2D eigenvalue weighted by atomic mass is 10.1. The van der Waals surface area contributed by atoms with E-state index >= 15 is 0 Å². The number of unbranched alkanes of at least 4 members (excludes halogenated alkanes) is 1. The highest BCUT2D eigenvalue weighted by atomic mass is 35.5. The zero-order valence-electron chi connectivity index (χ0n) is 20.2. The minimum absolute atomic E-state index is 0.0308. The van der Waals surface area contributed by atoms with E-state index in [2.05, 4.69) is 15.6 Å². The Morgan fingerprint density at radius 1 is 1.14 bits per heavy atom. The molecule has 10 heteroatoms. The van der Waals surface area contributed by atoms with E-state index in [0.29, 0.717) is 40.4 Å². The number of hydrogen-bond donors (Lipinski definition) is 2. The maximum atomic E-state index is 13.4. The largest absolute Gasteiger partial charge is 0.356 e. The number of amidine groups is 2. The molecule has 0 unspecified atom stereocenters. The molecule has 2 aliphatic rings. The van der Waals surface area contributed by atoms with Crippen LogP contribution in [0.1, 0.15) is 45.1 Å². The van der Waals surface area contributed by atoms with Crippen molar-refractivity contribution in [1.29, 1.82) is 0 Å². The highest BCUT2D eigenvalue weighted by Gasteiger charge is 2.43. The molecule has 188 valence electrons. The quantitative estimate of drug-likeness (QED) is 0.461. The molecular weight excluding hydrogens is 498 g/mol. The van der Waals surface area contributed by atoms with E-state index < -0.39 is 11.3 Å². The van der Waals surface area contributed by atoms with Crippen LogP contribution in [0.5, 0.6) is 0 Å². The molecule has 4 rings (SSSR count). The van der Waals surface area contributed by atoms with Gasteiger partial charge in [0.25, 0.3) is 5.91 Å². The number of fused-ring (bicyclic) bond motifs is 3. The summed E-state index contributed by atoms with van der Waals surface area (Å²) in [5.41, 5.74) is 2.03. The van der Waals surface area contributed by atoms with Crippen molar-refractivity contribution in [3.05, 3.63) is 59.1 Å². The number of para-hydroxylation sites is 1. The third-order valence-corrected chi connectivity index (χ3v) is 7.37. The molecule has 0 fully saturated rings. The molecule has 0 aliphatic carbocycles. The predicted molar refractivity (Wildman–Crippen MR) is 145 cm³/mol. The molecular formula is C26H28ClN5O3S. The maximum absolute atomic E-state index is 13.4. The third-order valence-electron chi connectivity index (χ3n) is 5.80. The molecule has 2 aromatic carbocycles. The van der Waals surface area contributed by atoms with Gasteiger partial charge in [-0.25, -0.2) is 9.89 Å². The molecule has 36 heavy (non-hydrogen) atoms. The summed E-state index contributed by atoms with van der Waals surface area (Å²) in [5.74, 6) is -0.264. The molecule has 2 aromatic rings. The van der Waals surface area contributed by atoms with Crippen LogP contribution in [0.4, 0.5) is 11.4 Å². The maximum Gasteiger partial charge on any atom is 0.259 e. The van der Waals surface area contributed by atoms with Gasteiger partial charge in [-0.15, -0.1) is 0 Å². The summed E-state index contributed by atoms with van der Waals surface area (Å²) in [4.78, 5) is 49.7. The zero-order chi connectivity index (χ0) is 25.7. The average molecular weight is 526 g/mol. The number of carbonyl (C=O) groups excluding carboxylic acids is 3. The number of aliphatic imine (C=N–C) groups is 2. The number of nitrogens with one attached hydrogen (secondary N) is 2. The van der Waals surface area contributed by atoms with Gasteiger partial charge < -0.3 is 10.6 Å².